The molecule has 2 N–H and O–H groups in total. The van der Waals surface area contributed by atoms with Crippen LogP contribution in [0.4, 0.5) is 17.5 Å². The van der Waals surface area contributed by atoms with Crippen LogP contribution in [0.15, 0.2) is 72.9 Å². The van der Waals surface area contributed by atoms with Crippen molar-refractivity contribution in [2.75, 3.05) is 44.6 Å². The number of methoxy groups -OCH3 is 3. The second-order valence-corrected chi connectivity index (χ2v) is 10.8. The van der Waals surface area contributed by atoms with Crippen molar-refractivity contribution < 1.29 is 23.7 Å². The van der Waals surface area contributed by atoms with Crippen LogP contribution in [0.25, 0.3) is 0 Å². The molecule has 5 rings (SSSR count). The van der Waals surface area contributed by atoms with E-state index in [1.807, 2.05) is 61.5 Å². The van der Waals surface area contributed by atoms with Crippen molar-refractivity contribution in [3.63, 3.8) is 0 Å². The van der Waals surface area contributed by atoms with E-state index >= 15 is 0 Å². The molecule has 1 amide bonds. The van der Waals surface area contributed by atoms with E-state index in [1.165, 1.54) is 5.56 Å². The number of anilines is 3. The van der Waals surface area contributed by atoms with Gasteiger partial charge in [-0.1, -0.05) is 29.8 Å². The molecule has 1 fully saturated rings. The van der Waals surface area contributed by atoms with Crippen molar-refractivity contribution in [2.45, 2.75) is 32.7 Å². The standard InChI is InChI=1S/C34H39N5O5/c1-23-7-11-27(12-8-23)44-28-13-9-24(10-14-28)21-36-32(40)18-25-6-5-17-39(22-25)31-15-16-35-34(38-31)37-26-19-29(41-2)33(43-4)30(20-26)42-3/h7-16,19-20,25H,5-6,17-18,21-22H2,1-4H3,(H,36,40)(H,35,37,38). The molecule has 1 aliphatic rings. The number of benzene rings is 3. The van der Waals surface area contributed by atoms with Gasteiger partial charge in [0.05, 0.1) is 21.3 Å². The Hall–Kier alpha value is -4.99. The number of hydrogen-bond acceptors (Lipinski definition) is 9. The van der Waals surface area contributed by atoms with Crippen molar-refractivity contribution in [3.8, 4) is 28.7 Å². The molecule has 0 aliphatic carbocycles. The van der Waals surface area contributed by atoms with Crippen LogP contribution in [0.5, 0.6) is 28.7 Å². The van der Waals surface area contributed by atoms with Gasteiger partial charge in [-0.05, 0) is 61.6 Å². The number of amides is 1. The topological polar surface area (TPSA) is 107 Å². The molecule has 3 aromatic carbocycles. The Morgan fingerprint density at radius 1 is 0.932 bits per heavy atom. The molecule has 1 unspecified atom stereocenters. The number of piperidine rings is 1. The highest BCUT2D eigenvalue weighted by Gasteiger charge is 2.23. The molecule has 2 heterocycles. The zero-order chi connectivity index (χ0) is 30.9. The number of rotatable bonds is 12. The Bertz CT molecular complexity index is 1520. The van der Waals surface area contributed by atoms with Crippen molar-refractivity contribution in [1.29, 1.82) is 0 Å². The van der Waals surface area contributed by atoms with E-state index in [0.717, 1.165) is 48.8 Å². The highest BCUT2D eigenvalue weighted by molar-refractivity contribution is 5.76. The number of aromatic nitrogens is 2. The van der Waals surface area contributed by atoms with E-state index in [-0.39, 0.29) is 11.8 Å². The van der Waals surface area contributed by atoms with Gasteiger partial charge in [0, 0.05) is 50.1 Å². The molecule has 44 heavy (non-hydrogen) atoms. The summed E-state index contributed by atoms with van der Waals surface area (Å²) in [5, 5.41) is 6.32. The summed E-state index contributed by atoms with van der Waals surface area (Å²) in [6.45, 7) is 4.14. The van der Waals surface area contributed by atoms with Crippen LogP contribution in [-0.2, 0) is 11.3 Å². The number of carbonyl (C=O) groups excluding carboxylic acids is 1. The maximum atomic E-state index is 12.9. The Morgan fingerprint density at radius 3 is 2.27 bits per heavy atom. The lowest BCUT2D eigenvalue weighted by atomic mass is 9.94. The fraction of sp³-hybridized carbons (Fsp3) is 0.324. The largest absolute Gasteiger partial charge is 0.493 e. The molecule has 1 aliphatic heterocycles. The van der Waals surface area contributed by atoms with Gasteiger partial charge in [0.25, 0.3) is 0 Å². The Morgan fingerprint density at radius 2 is 1.61 bits per heavy atom. The average Bonchev–Trinajstić information content (AvgIpc) is 3.05. The molecule has 0 saturated carbocycles. The minimum Gasteiger partial charge on any atom is -0.493 e. The van der Waals surface area contributed by atoms with Crippen LogP contribution in [0.3, 0.4) is 0 Å². The Balaban J connectivity index is 1.13. The number of aryl methyl sites for hydroxylation is 1. The maximum Gasteiger partial charge on any atom is 0.229 e. The van der Waals surface area contributed by atoms with Crippen LogP contribution >= 0.6 is 0 Å². The molecule has 1 atom stereocenters. The van der Waals surface area contributed by atoms with Gasteiger partial charge in [0.1, 0.15) is 17.3 Å². The SMILES string of the molecule is COc1cc(Nc2nccc(N3CCCC(CC(=O)NCc4ccc(Oc5ccc(C)cc5)cc4)C3)n2)cc(OC)c1OC. The minimum absolute atomic E-state index is 0.0456. The summed E-state index contributed by atoms with van der Waals surface area (Å²) in [6.07, 6.45) is 4.18. The number of nitrogens with one attached hydrogen (secondary N) is 2. The summed E-state index contributed by atoms with van der Waals surface area (Å²) in [6, 6.07) is 21.3. The first-order chi connectivity index (χ1) is 21.4. The van der Waals surface area contributed by atoms with Gasteiger partial charge >= 0.3 is 0 Å². The average molecular weight is 598 g/mol. The Kier molecular flexibility index (Phi) is 10.0. The quantitative estimate of drug-likeness (QED) is 0.195. The smallest absolute Gasteiger partial charge is 0.229 e. The summed E-state index contributed by atoms with van der Waals surface area (Å²) in [5.74, 6) is 4.68. The zero-order valence-electron chi connectivity index (χ0n) is 25.6. The molecular weight excluding hydrogens is 558 g/mol. The summed E-state index contributed by atoms with van der Waals surface area (Å²) in [4.78, 5) is 24.2. The molecule has 4 aromatic rings. The van der Waals surface area contributed by atoms with E-state index in [4.69, 9.17) is 23.9 Å². The molecule has 10 heteroatoms. The predicted octanol–water partition coefficient (Wildman–Crippen LogP) is 6.27. The van der Waals surface area contributed by atoms with Crippen LogP contribution in [-0.4, -0.2) is 50.3 Å². The molecular formula is C34H39N5O5. The summed E-state index contributed by atoms with van der Waals surface area (Å²) < 4.78 is 22.2. The molecule has 1 saturated heterocycles. The number of carbonyl (C=O) groups is 1. The van der Waals surface area contributed by atoms with E-state index < -0.39 is 0 Å². The fourth-order valence-corrected chi connectivity index (χ4v) is 5.26. The normalized spacial score (nSPS) is 14.5. The number of hydrogen-bond donors (Lipinski definition) is 2. The van der Waals surface area contributed by atoms with Gasteiger partial charge in [-0.25, -0.2) is 4.98 Å². The first-order valence-electron chi connectivity index (χ1n) is 14.7. The molecule has 0 radical (unpaired) electrons. The lowest BCUT2D eigenvalue weighted by Gasteiger charge is -2.33. The van der Waals surface area contributed by atoms with Crippen LogP contribution < -0.4 is 34.5 Å². The molecule has 230 valence electrons. The predicted molar refractivity (Wildman–Crippen MR) is 171 cm³/mol. The number of ether oxygens (including phenoxy) is 4. The molecule has 1 aromatic heterocycles. The fourth-order valence-electron chi connectivity index (χ4n) is 5.26. The van der Waals surface area contributed by atoms with Crippen molar-refractivity contribution in [2.24, 2.45) is 5.92 Å². The van der Waals surface area contributed by atoms with E-state index in [1.54, 1.807) is 39.7 Å². The summed E-state index contributed by atoms with van der Waals surface area (Å²) >= 11 is 0. The summed E-state index contributed by atoms with van der Waals surface area (Å²) in [7, 11) is 4.72. The second kappa shape index (κ2) is 14.5. The number of nitrogens with zero attached hydrogens (tertiary/aromatic N) is 3. The third-order valence-corrected chi connectivity index (χ3v) is 7.55. The van der Waals surface area contributed by atoms with Crippen LogP contribution in [0.1, 0.15) is 30.4 Å². The first-order valence-corrected chi connectivity index (χ1v) is 14.7. The van der Waals surface area contributed by atoms with E-state index in [9.17, 15) is 4.79 Å². The van der Waals surface area contributed by atoms with Crippen molar-refractivity contribution in [1.82, 2.24) is 15.3 Å². The van der Waals surface area contributed by atoms with Crippen molar-refractivity contribution in [3.05, 3.63) is 84.1 Å². The van der Waals surface area contributed by atoms with Gasteiger partial charge in [0.2, 0.25) is 17.6 Å². The molecule has 10 nitrogen and oxygen atoms in total. The lowest BCUT2D eigenvalue weighted by Crippen LogP contribution is -2.38. The van der Waals surface area contributed by atoms with E-state index in [0.29, 0.717) is 41.8 Å². The highest BCUT2D eigenvalue weighted by Crippen LogP contribution is 2.40. The maximum absolute atomic E-state index is 12.9. The van der Waals surface area contributed by atoms with Crippen LogP contribution in [0, 0.1) is 12.8 Å². The Labute approximate surface area is 258 Å². The minimum atomic E-state index is 0.0456. The van der Waals surface area contributed by atoms with Gasteiger partial charge in [0.15, 0.2) is 11.5 Å². The monoisotopic (exact) mass is 597 g/mol. The zero-order valence-corrected chi connectivity index (χ0v) is 25.6. The van der Waals surface area contributed by atoms with Crippen molar-refractivity contribution >= 4 is 23.4 Å². The van der Waals surface area contributed by atoms with Gasteiger partial charge in [-0.15, -0.1) is 0 Å². The molecule has 0 bridgehead atoms. The lowest BCUT2D eigenvalue weighted by molar-refractivity contribution is -0.122. The van der Waals surface area contributed by atoms with E-state index in [2.05, 4.69) is 20.5 Å². The van der Waals surface area contributed by atoms with Gasteiger partial charge in [-0.2, -0.15) is 4.98 Å². The van der Waals surface area contributed by atoms with Gasteiger partial charge < -0.3 is 34.5 Å². The van der Waals surface area contributed by atoms with Gasteiger partial charge in [-0.3, -0.25) is 4.79 Å². The first kappa shape index (κ1) is 30.5. The molecule has 0 spiro atoms. The third kappa shape index (κ3) is 7.89. The van der Waals surface area contributed by atoms with Crippen LogP contribution in [0.2, 0.25) is 0 Å². The second-order valence-electron chi connectivity index (χ2n) is 10.8. The highest BCUT2D eigenvalue weighted by atomic mass is 16.5. The summed E-state index contributed by atoms with van der Waals surface area (Å²) in [5.41, 5.74) is 2.92. The third-order valence-electron chi connectivity index (χ3n) is 7.55.